The van der Waals surface area contributed by atoms with Crippen LogP contribution >= 0.6 is 0 Å². The number of methoxy groups -OCH3 is 1. The number of hydrogen-bond acceptors (Lipinski definition) is 3. The summed E-state index contributed by atoms with van der Waals surface area (Å²) in [5.41, 5.74) is 0. The first-order valence-corrected chi connectivity index (χ1v) is 3.48. The normalized spacial score (nSPS) is 23.4. The molecule has 1 heterocycles. The van der Waals surface area contributed by atoms with Crippen molar-refractivity contribution in [3.05, 3.63) is 0 Å². The predicted octanol–water partition coefficient (Wildman–Crippen LogP) is -0.452. The molecule has 1 fully saturated rings. The third kappa shape index (κ3) is 1.69. The lowest BCUT2D eigenvalue weighted by molar-refractivity contribution is -0.144. The molecule has 0 N–H and O–H groups in total. The van der Waals surface area contributed by atoms with E-state index >= 15 is 0 Å². The van der Waals surface area contributed by atoms with Crippen LogP contribution in [-0.4, -0.2) is 37.5 Å². The Morgan fingerprint density at radius 3 is 2.91 bits per heavy atom. The van der Waals surface area contributed by atoms with Gasteiger partial charge in [-0.2, -0.15) is 0 Å². The number of amides is 1. The number of rotatable bonds is 2. The molecule has 1 amide bonds. The zero-order chi connectivity index (χ0) is 8.27. The van der Waals surface area contributed by atoms with Gasteiger partial charge in [0.05, 0.1) is 13.0 Å². The Kier molecular flexibility index (Phi) is 2.46. The zero-order valence-electron chi connectivity index (χ0n) is 6.37. The second kappa shape index (κ2) is 3.37. The van der Waals surface area contributed by atoms with Crippen LogP contribution in [0.4, 0.5) is 0 Å². The highest BCUT2D eigenvalue weighted by Crippen LogP contribution is 2.15. The van der Waals surface area contributed by atoms with Gasteiger partial charge in [0.1, 0.15) is 0 Å². The highest BCUT2D eigenvalue weighted by molar-refractivity contribution is 5.73. The van der Waals surface area contributed by atoms with Crippen molar-refractivity contribution in [1.82, 2.24) is 4.90 Å². The van der Waals surface area contributed by atoms with E-state index in [1.807, 2.05) is 0 Å². The van der Waals surface area contributed by atoms with Crippen molar-refractivity contribution in [2.45, 2.75) is 6.42 Å². The first kappa shape index (κ1) is 8.04. The fraction of sp³-hybridized carbons (Fsp3) is 0.714. The van der Waals surface area contributed by atoms with E-state index in [4.69, 9.17) is 0 Å². The number of esters is 1. The first-order valence-electron chi connectivity index (χ1n) is 3.48. The van der Waals surface area contributed by atoms with Crippen molar-refractivity contribution in [2.24, 2.45) is 5.92 Å². The van der Waals surface area contributed by atoms with Gasteiger partial charge in [0.25, 0.3) is 0 Å². The second-order valence-electron chi connectivity index (χ2n) is 2.55. The third-order valence-electron chi connectivity index (χ3n) is 1.85. The molecule has 1 atom stereocenters. The van der Waals surface area contributed by atoms with Crippen molar-refractivity contribution in [2.75, 3.05) is 20.2 Å². The topological polar surface area (TPSA) is 46.6 Å². The lowest BCUT2D eigenvalue weighted by atomic mass is 10.1. The quantitative estimate of drug-likeness (QED) is 0.509. The van der Waals surface area contributed by atoms with E-state index in [9.17, 15) is 9.59 Å². The maximum Gasteiger partial charge on any atom is 0.312 e. The lowest BCUT2D eigenvalue weighted by Gasteiger charge is -2.06. The third-order valence-corrected chi connectivity index (χ3v) is 1.85. The van der Waals surface area contributed by atoms with Gasteiger partial charge in [0.15, 0.2) is 0 Å². The van der Waals surface area contributed by atoms with Crippen LogP contribution in [0.15, 0.2) is 0 Å². The maximum absolute atomic E-state index is 10.9. The summed E-state index contributed by atoms with van der Waals surface area (Å²) in [7, 11) is 1.36. The Labute approximate surface area is 65.1 Å². The van der Waals surface area contributed by atoms with Gasteiger partial charge in [-0.3, -0.25) is 9.59 Å². The van der Waals surface area contributed by atoms with Crippen LogP contribution in [0.1, 0.15) is 6.42 Å². The average Bonchev–Trinajstić information content (AvgIpc) is 2.50. The van der Waals surface area contributed by atoms with E-state index in [0.717, 1.165) is 0 Å². The molecule has 0 spiro atoms. The molecular weight excluding hydrogens is 146 g/mol. The monoisotopic (exact) mass is 156 g/mol. The molecule has 1 aliphatic rings. The van der Waals surface area contributed by atoms with Crippen LogP contribution < -0.4 is 0 Å². The maximum atomic E-state index is 10.9. The van der Waals surface area contributed by atoms with Gasteiger partial charge in [0, 0.05) is 13.1 Å². The van der Waals surface area contributed by atoms with Crippen molar-refractivity contribution in [3.8, 4) is 0 Å². The van der Waals surface area contributed by atoms with Crippen molar-refractivity contribution in [3.63, 3.8) is 0 Å². The molecule has 1 aliphatic heterocycles. The molecule has 0 aromatic carbocycles. The summed E-state index contributed by atoms with van der Waals surface area (Å²) in [4.78, 5) is 22.5. The Morgan fingerprint density at radius 1 is 1.73 bits per heavy atom. The molecule has 4 heteroatoms. The SMILES string of the molecule is COC(=O)C1CCN([C]=O)C1. The number of hydrogen-bond donors (Lipinski definition) is 0. The fourth-order valence-electron chi connectivity index (χ4n) is 1.20. The second-order valence-corrected chi connectivity index (χ2v) is 2.55. The van der Waals surface area contributed by atoms with Gasteiger partial charge >= 0.3 is 12.4 Å². The largest absolute Gasteiger partial charge is 0.469 e. The van der Waals surface area contributed by atoms with Gasteiger partial charge in [-0.25, -0.2) is 0 Å². The van der Waals surface area contributed by atoms with Crippen LogP contribution in [-0.2, 0) is 14.3 Å². The molecule has 11 heavy (non-hydrogen) atoms. The minimum Gasteiger partial charge on any atom is -0.469 e. The predicted molar refractivity (Wildman–Crippen MR) is 37.4 cm³/mol. The summed E-state index contributed by atoms with van der Waals surface area (Å²) in [6, 6.07) is 0. The Balaban J connectivity index is 2.41. The van der Waals surface area contributed by atoms with Gasteiger partial charge in [-0.15, -0.1) is 0 Å². The van der Waals surface area contributed by atoms with Crippen LogP contribution in [0.5, 0.6) is 0 Å². The molecule has 1 saturated heterocycles. The Hall–Kier alpha value is -1.06. The molecule has 0 aromatic rings. The van der Waals surface area contributed by atoms with Gasteiger partial charge in [0.2, 0.25) is 0 Å². The molecule has 1 unspecified atom stereocenters. The van der Waals surface area contributed by atoms with Crippen LogP contribution in [0.25, 0.3) is 0 Å². The molecular formula is C7H10NO3. The number of carbonyl (C=O) groups is 1. The van der Waals surface area contributed by atoms with Crippen molar-refractivity contribution in [1.29, 1.82) is 0 Å². The summed E-state index contributed by atoms with van der Waals surface area (Å²) in [6.07, 6.45) is 2.44. The minimum atomic E-state index is -0.234. The summed E-state index contributed by atoms with van der Waals surface area (Å²) < 4.78 is 4.53. The van der Waals surface area contributed by atoms with Crippen LogP contribution in [0.3, 0.4) is 0 Å². The Bertz CT molecular complexity index is 169. The number of likely N-dealkylation sites (tertiary alicyclic amines) is 1. The van der Waals surface area contributed by atoms with Gasteiger partial charge in [-0.05, 0) is 6.42 Å². The van der Waals surface area contributed by atoms with E-state index in [0.29, 0.717) is 19.5 Å². The van der Waals surface area contributed by atoms with E-state index in [-0.39, 0.29) is 11.9 Å². The Morgan fingerprint density at radius 2 is 2.45 bits per heavy atom. The molecule has 0 bridgehead atoms. The first-order chi connectivity index (χ1) is 5.27. The van der Waals surface area contributed by atoms with E-state index < -0.39 is 0 Å². The zero-order valence-corrected chi connectivity index (χ0v) is 6.37. The molecule has 0 saturated carbocycles. The standard InChI is InChI=1S/C7H10NO3/c1-11-7(10)6-2-3-8(4-6)5-9/h6H,2-4H2,1H3. The van der Waals surface area contributed by atoms with Crippen molar-refractivity contribution >= 4 is 12.4 Å². The molecule has 4 nitrogen and oxygen atoms in total. The molecule has 1 rings (SSSR count). The lowest BCUT2D eigenvalue weighted by Crippen LogP contribution is -2.22. The van der Waals surface area contributed by atoms with Crippen LogP contribution in [0, 0.1) is 5.92 Å². The molecule has 1 radical (unpaired) electrons. The van der Waals surface area contributed by atoms with Gasteiger partial charge in [-0.1, -0.05) is 0 Å². The minimum absolute atomic E-state index is 0.138. The highest BCUT2D eigenvalue weighted by Gasteiger charge is 2.28. The summed E-state index contributed by atoms with van der Waals surface area (Å²) in [5.74, 6) is -0.371. The van der Waals surface area contributed by atoms with E-state index in [1.54, 1.807) is 6.41 Å². The number of nitrogens with zero attached hydrogens (tertiary/aromatic N) is 1. The molecule has 61 valence electrons. The smallest absolute Gasteiger partial charge is 0.312 e. The average molecular weight is 156 g/mol. The summed E-state index contributed by atoms with van der Waals surface area (Å²) in [6.45, 7) is 1.07. The summed E-state index contributed by atoms with van der Waals surface area (Å²) >= 11 is 0. The van der Waals surface area contributed by atoms with E-state index in [2.05, 4.69) is 4.74 Å². The van der Waals surface area contributed by atoms with Gasteiger partial charge < -0.3 is 9.64 Å². The highest BCUT2D eigenvalue weighted by atomic mass is 16.5. The van der Waals surface area contributed by atoms with Crippen molar-refractivity contribution < 1.29 is 14.3 Å². The number of carbonyl (C=O) groups excluding carboxylic acids is 2. The number of ether oxygens (including phenoxy) is 1. The summed E-state index contributed by atoms with van der Waals surface area (Å²) in [5, 5.41) is 0. The van der Waals surface area contributed by atoms with Crippen LogP contribution in [0.2, 0.25) is 0 Å². The van der Waals surface area contributed by atoms with E-state index in [1.165, 1.54) is 12.0 Å². The molecule has 0 aromatic heterocycles. The molecule has 0 aliphatic carbocycles. The fourth-order valence-corrected chi connectivity index (χ4v) is 1.20.